The van der Waals surface area contributed by atoms with E-state index < -0.39 is 18.5 Å². The number of nitriles is 1. The van der Waals surface area contributed by atoms with Crippen molar-refractivity contribution >= 4 is 27.8 Å². The predicted molar refractivity (Wildman–Crippen MR) is 98.4 cm³/mol. The fraction of sp³-hybridized carbons (Fsp3) is 0.211. The maximum absolute atomic E-state index is 12.2. The van der Waals surface area contributed by atoms with Gasteiger partial charge in [-0.05, 0) is 29.8 Å². The Balaban J connectivity index is 1.93. The van der Waals surface area contributed by atoms with Crippen LogP contribution in [-0.4, -0.2) is 25.0 Å². The molecule has 0 unspecified atom stereocenters. The first-order chi connectivity index (χ1) is 12.6. The topological polar surface area (TPSA) is 88.4 Å². The minimum absolute atomic E-state index is 0.200. The molecule has 0 aliphatic carbocycles. The van der Waals surface area contributed by atoms with Crippen molar-refractivity contribution in [2.24, 2.45) is 0 Å². The van der Waals surface area contributed by atoms with Gasteiger partial charge in [-0.25, -0.2) is 4.79 Å². The van der Waals surface area contributed by atoms with E-state index in [4.69, 9.17) is 14.7 Å². The van der Waals surface area contributed by atoms with Crippen LogP contribution in [0.2, 0.25) is 0 Å². The summed E-state index contributed by atoms with van der Waals surface area (Å²) in [6, 6.07) is 16.2. The number of amides is 1. The highest BCUT2D eigenvalue weighted by Gasteiger charge is 2.15. The van der Waals surface area contributed by atoms with E-state index in [2.05, 4.69) is 21.2 Å². The third kappa shape index (κ3) is 6.22. The number of rotatable bonds is 8. The van der Waals surface area contributed by atoms with Crippen LogP contribution in [0.15, 0.2) is 53.0 Å². The molecule has 0 aromatic heterocycles. The first kappa shape index (κ1) is 19.5. The lowest BCUT2D eigenvalue weighted by Crippen LogP contribution is -2.29. The monoisotopic (exact) mass is 416 g/mol. The molecule has 0 aliphatic heterocycles. The second-order valence-corrected chi connectivity index (χ2v) is 6.16. The van der Waals surface area contributed by atoms with Gasteiger partial charge in [0.05, 0.1) is 12.5 Å². The van der Waals surface area contributed by atoms with Gasteiger partial charge in [0.15, 0.2) is 6.61 Å². The summed E-state index contributed by atoms with van der Waals surface area (Å²) >= 11 is 3.40. The molecule has 0 heterocycles. The molecule has 0 radical (unpaired) electrons. The molecule has 7 heteroatoms. The van der Waals surface area contributed by atoms with Crippen molar-refractivity contribution in [3.8, 4) is 11.8 Å². The third-order valence-corrected chi connectivity index (χ3v) is 3.78. The molecule has 2 rings (SSSR count). The number of carbonyl (C=O) groups excluding carboxylic acids is 2. The van der Waals surface area contributed by atoms with Crippen LogP contribution in [0.1, 0.15) is 22.3 Å². The number of hydrogen-bond donors (Lipinski definition) is 1. The predicted octanol–water partition coefficient (Wildman–Crippen LogP) is 3.21. The fourth-order valence-electron chi connectivity index (χ4n) is 2.07. The summed E-state index contributed by atoms with van der Waals surface area (Å²) in [5.41, 5.74) is 1.19. The van der Waals surface area contributed by atoms with E-state index >= 15 is 0 Å². The Morgan fingerprint density at radius 2 is 1.96 bits per heavy atom. The van der Waals surface area contributed by atoms with Crippen molar-refractivity contribution in [2.75, 3.05) is 13.2 Å². The number of esters is 1. The van der Waals surface area contributed by atoms with Crippen LogP contribution in [-0.2, 0) is 16.1 Å². The lowest BCUT2D eigenvalue weighted by Gasteiger charge is -2.11. The molecule has 0 spiro atoms. The Kier molecular flexibility index (Phi) is 7.65. The highest BCUT2D eigenvalue weighted by atomic mass is 79.9. The molecule has 0 atom stereocenters. The Labute approximate surface area is 159 Å². The fourth-order valence-corrected chi connectivity index (χ4v) is 2.51. The number of halogens is 1. The lowest BCUT2D eigenvalue weighted by atomic mass is 10.2. The number of nitrogens with zero attached hydrogens (tertiary/aromatic N) is 1. The van der Waals surface area contributed by atoms with Crippen molar-refractivity contribution in [1.82, 2.24) is 5.32 Å². The van der Waals surface area contributed by atoms with Gasteiger partial charge in [-0.1, -0.05) is 40.2 Å². The summed E-state index contributed by atoms with van der Waals surface area (Å²) in [4.78, 5) is 23.8. The lowest BCUT2D eigenvalue weighted by molar-refractivity contribution is -0.124. The maximum Gasteiger partial charge on any atom is 0.342 e. The average Bonchev–Trinajstić information content (AvgIpc) is 2.65. The molecule has 1 N–H and O–H groups in total. The van der Waals surface area contributed by atoms with Crippen LogP contribution in [0.4, 0.5) is 0 Å². The second kappa shape index (κ2) is 10.2. The summed E-state index contributed by atoms with van der Waals surface area (Å²) in [6.45, 7) is 0.0990. The number of benzene rings is 2. The zero-order valence-corrected chi connectivity index (χ0v) is 15.5. The summed E-state index contributed by atoms with van der Waals surface area (Å²) in [7, 11) is 0. The van der Waals surface area contributed by atoms with Crippen LogP contribution in [0.3, 0.4) is 0 Å². The average molecular weight is 417 g/mol. The van der Waals surface area contributed by atoms with Crippen molar-refractivity contribution in [3.05, 3.63) is 64.1 Å². The number of ether oxygens (including phenoxy) is 2. The molecule has 26 heavy (non-hydrogen) atoms. The first-order valence-corrected chi connectivity index (χ1v) is 8.66. The number of carbonyl (C=O) groups is 2. The minimum atomic E-state index is -0.648. The van der Waals surface area contributed by atoms with E-state index in [0.717, 1.165) is 10.0 Å². The Morgan fingerprint density at radius 3 is 2.73 bits per heavy atom. The summed E-state index contributed by atoms with van der Waals surface area (Å²) in [5.74, 6) is -0.728. The highest BCUT2D eigenvalue weighted by Crippen LogP contribution is 2.21. The second-order valence-electron chi connectivity index (χ2n) is 5.25. The van der Waals surface area contributed by atoms with Gasteiger partial charge in [0.2, 0.25) is 0 Å². The number of hydrogen-bond acceptors (Lipinski definition) is 5. The largest absolute Gasteiger partial charge is 0.488 e. The van der Waals surface area contributed by atoms with Gasteiger partial charge in [-0.15, -0.1) is 0 Å². The minimum Gasteiger partial charge on any atom is -0.488 e. The van der Waals surface area contributed by atoms with Gasteiger partial charge in [0.25, 0.3) is 5.91 Å². The summed E-state index contributed by atoms with van der Waals surface area (Å²) in [5, 5.41) is 10.9. The molecule has 6 nitrogen and oxygen atoms in total. The van der Waals surface area contributed by atoms with Crippen LogP contribution >= 0.6 is 15.9 Å². The van der Waals surface area contributed by atoms with Crippen LogP contribution in [0, 0.1) is 11.3 Å². The molecule has 2 aromatic rings. The van der Waals surface area contributed by atoms with E-state index in [0.29, 0.717) is 12.4 Å². The van der Waals surface area contributed by atoms with Crippen LogP contribution in [0.25, 0.3) is 0 Å². The molecular formula is C19H17BrN2O4. The Morgan fingerprint density at radius 1 is 1.15 bits per heavy atom. The van der Waals surface area contributed by atoms with E-state index in [9.17, 15) is 9.59 Å². The Bertz CT molecular complexity index is 817. The summed E-state index contributed by atoms with van der Waals surface area (Å²) in [6.07, 6.45) is 0.200. The summed E-state index contributed by atoms with van der Waals surface area (Å²) < 4.78 is 11.7. The molecule has 1 amide bonds. The standard InChI is InChI=1S/C19H17BrN2O4/c20-15-6-3-5-14(11-15)12-25-17-8-2-1-7-16(17)19(24)26-13-18(23)22-10-4-9-21/h1-3,5-8,11H,4,10,12-13H2,(H,22,23). The number of para-hydroxylation sites is 1. The molecule has 0 saturated carbocycles. The van der Waals surface area contributed by atoms with Gasteiger partial charge >= 0.3 is 5.97 Å². The highest BCUT2D eigenvalue weighted by molar-refractivity contribution is 9.10. The third-order valence-electron chi connectivity index (χ3n) is 3.28. The van der Waals surface area contributed by atoms with Gasteiger partial charge in [0, 0.05) is 11.0 Å². The first-order valence-electron chi connectivity index (χ1n) is 7.87. The van der Waals surface area contributed by atoms with E-state index in [1.54, 1.807) is 24.3 Å². The zero-order valence-electron chi connectivity index (χ0n) is 13.9. The van der Waals surface area contributed by atoms with Gasteiger partial charge in [-0.2, -0.15) is 5.26 Å². The van der Waals surface area contributed by atoms with Gasteiger partial charge in [-0.3, -0.25) is 4.79 Å². The van der Waals surface area contributed by atoms with Crippen LogP contribution < -0.4 is 10.1 Å². The molecule has 0 saturated heterocycles. The van der Waals surface area contributed by atoms with Crippen molar-refractivity contribution in [2.45, 2.75) is 13.0 Å². The Hall–Kier alpha value is -2.85. The van der Waals surface area contributed by atoms with Gasteiger partial charge in [0.1, 0.15) is 17.9 Å². The van der Waals surface area contributed by atoms with E-state index in [1.807, 2.05) is 30.3 Å². The molecule has 134 valence electrons. The van der Waals surface area contributed by atoms with Crippen molar-refractivity contribution < 1.29 is 19.1 Å². The molecule has 2 aromatic carbocycles. The van der Waals surface area contributed by atoms with E-state index in [-0.39, 0.29) is 18.5 Å². The van der Waals surface area contributed by atoms with Gasteiger partial charge < -0.3 is 14.8 Å². The quantitative estimate of drug-likeness (QED) is 0.527. The smallest absolute Gasteiger partial charge is 0.342 e. The van der Waals surface area contributed by atoms with Crippen molar-refractivity contribution in [3.63, 3.8) is 0 Å². The van der Waals surface area contributed by atoms with Crippen molar-refractivity contribution in [1.29, 1.82) is 5.26 Å². The maximum atomic E-state index is 12.2. The molecule has 0 fully saturated rings. The van der Waals surface area contributed by atoms with Crippen LogP contribution in [0.5, 0.6) is 5.75 Å². The molecular weight excluding hydrogens is 400 g/mol. The molecule has 0 bridgehead atoms. The zero-order chi connectivity index (χ0) is 18.8. The van der Waals surface area contributed by atoms with E-state index in [1.165, 1.54) is 0 Å². The molecule has 0 aliphatic rings. The number of nitrogens with one attached hydrogen (secondary N) is 1. The SMILES string of the molecule is N#CCCNC(=O)COC(=O)c1ccccc1OCc1cccc(Br)c1. The normalized spacial score (nSPS) is 9.85.